The van der Waals surface area contributed by atoms with E-state index in [-0.39, 0.29) is 5.75 Å². The SMILES string of the molecule is CS(=O)(=O)Cc1cccc(-c2ncncn2)c1. The minimum absolute atomic E-state index is 0.0198. The van der Waals surface area contributed by atoms with E-state index in [9.17, 15) is 8.42 Å². The average molecular weight is 249 g/mol. The van der Waals surface area contributed by atoms with Gasteiger partial charge < -0.3 is 0 Å². The molecule has 0 unspecified atom stereocenters. The molecule has 17 heavy (non-hydrogen) atoms. The second-order valence-corrected chi connectivity index (χ2v) is 5.87. The Hall–Kier alpha value is -1.82. The predicted octanol–water partition coefficient (Wildman–Crippen LogP) is 1.08. The summed E-state index contributed by atoms with van der Waals surface area (Å²) in [5.74, 6) is 0.557. The van der Waals surface area contributed by atoms with Crippen LogP contribution in [0, 0.1) is 0 Å². The van der Waals surface area contributed by atoms with Crippen LogP contribution in [0.1, 0.15) is 5.56 Å². The third kappa shape index (κ3) is 3.32. The molecule has 0 aliphatic carbocycles. The van der Waals surface area contributed by atoms with Crippen molar-refractivity contribution in [1.29, 1.82) is 0 Å². The summed E-state index contributed by atoms with van der Waals surface area (Å²) in [6.07, 6.45) is 4.03. The van der Waals surface area contributed by atoms with Crippen LogP contribution in [0.25, 0.3) is 11.4 Å². The van der Waals surface area contributed by atoms with E-state index in [0.717, 1.165) is 11.1 Å². The Bertz CT molecular complexity index is 612. The molecule has 0 atom stereocenters. The molecule has 0 N–H and O–H groups in total. The van der Waals surface area contributed by atoms with Gasteiger partial charge in [-0.2, -0.15) is 0 Å². The lowest BCUT2D eigenvalue weighted by Crippen LogP contribution is -2.00. The van der Waals surface area contributed by atoms with Crippen molar-refractivity contribution in [2.75, 3.05) is 6.26 Å². The number of aromatic nitrogens is 3. The second-order valence-electron chi connectivity index (χ2n) is 3.73. The molecular weight excluding hydrogens is 238 g/mol. The first-order valence-corrected chi connectivity index (χ1v) is 7.00. The molecule has 6 heteroatoms. The van der Waals surface area contributed by atoms with E-state index in [1.807, 2.05) is 6.07 Å². The van der Waals surface area contributed by atoms with E-state index < -0.39 is 9.84 Å². The maximum absolute atomic E-state index is 11.2. The van der Waals surface area contributed by atoms with E-state index in [2.05, 4.69) is 15.0 Å². The van der Waals surface area contributed by atoms with Crippen molar-refractivity contribution in [3.8, 4) is 11.4 Å². The fraction of sp³-hybridized carbons (Fsp3) is 0.182. The highest BCUT2D eigenvalue weighted by molar-refractivity contribution is 7.89. The van der Waals surface area contributed by atoms with Gasteiger partial charge in [0.05, 0.1) is 5.75 Å². The molecule has 1 aromatic carbocycles. The largest absolute Gasteiger partial charge is 0.229 e. The van der Waals surface area contributed by atoms with E-state index >= 15 is 0 Å². The van der Waals surface area contributed by atoms with Crippen LogP contribution < -0.4 is 0 Å². The summed E-state index contributed by atoms with van der Waals surface area (Å²) in [4.78, 5) is 11.8. The van der Waals surface area contributed by atoms with E-state index in [4.69, 9.17) is 0 Å². The highest BCUT2D eigenvalue weighted by Gasteiger charge is 2.06. The van der Waals surface area contributed by atoms with Crippen LogP contribution >= 0.6 is 0 Å². The molecule has 0 saturated heterocycles. The molecule has 1 heterocycles. The third-order valence-electron chi connectivity index (χ3n) is 2.11. The van der Waals surface area contributed by atoms with Crippen LogP contribution in [0.15, 0.2) is 36.9 Å². The smallest absolute Gasteiger partial charge is 0.162 e. The van der Waals surface area contributed by atoms with Crippen molar-refractivity contribution >= 4 is 9.84 Å². The molecule has 5 nitrogen and oxygen atoms in total. The topological polar surface area (TPSA) is 72.8 Å². The van der Waals surface area contributed by atoms with Crippen molar-refractivity contribution in [2.24, 2.45) is 0 Å². The monoisotopic (exact) mass is 249 g/mol. The fourth-order valence-corrected chi connectivity index (χ4v) is 2.28. The Morgan fingerprint density at radius 3 is 2.53 bits per heavy atom. The molecule has 2 aromatic rings. The maximum Gasteiger partial charge on any atom is 0.162 e. The summed E-state index contributed by atoms with van der Waals surface area (Å²) in [5.41, 5.74) is 1.51. The van der Waals surface area contributed by atoms with Crippen LogP contribution in [-0.4, -0.2) is 29.6 Å². The molecule has 0 saturated carbocycles. The molecule has 0 aliphatic rings. The zero-order valence-corrected chi connectivity index (χ0v) is 10.1. The Morgan fingerprint density at radius 2 is 1.88 bits per heavy atom. The normalized spacial score (nSPS) is 11.4. The summed E-state index contributed by atoms with van der Waals surface area (Å²) < 4.78 is 22.4. The first-order valence-electron chi connectivity index (χ1n) is 4.94. The quantitative estimate of drug-likeness (QED) is 0.814. The highest BCUT2D eigenvalue weighted by atomic mass is 32.2. The lowest BCUT2D eigenvalue weighted by atomic mass is 10.1. The van der Waals surface area contributed by atoms with Crippen molar-refractivity contribution in [3.63, 3.8) is 0 Å². The van der Waals surface area contributed by atoms with Gasteiger partial charge in [-0.1, -0.05) is 18.2 Å². The van der Waals surface area contributed by atoms with Crippen molar-refractivity contribution < 1.29 is 8.42 Å². The average Bonchev–Trinajstić information content (AvgIpc) is 2.28. The summed E-state index contributed by atoms with van der Waals surface area (Å²) >= 11 is 0. The van der Waals surface area contributed by atoms with Gasteiger partial charge in [0.2, 0.25) is 0 Å². The summed E-state index contributed by atoms with van der Waals surface area (Å²) in [6.45, 7) is 0. The molecule has 0 radical (unpaired) electrons. The van der Waals surface area contributed by atoms with Gasteiger partial charge in [-0.25, -0.2) is 23.4 Å². The van der Waals surface area contributed by atoms with Crippen LogP contribution in [0.3, 0.4) is 0 Å². The van der Waals surface area contributed by atoms with Gasteiger partial charge >= 0.3 is 0 Å². The summed E-state index contributed by atoms with van der Waals surface area (Å²) in [5, 5.41) is 0. The van der Waals surface area contributed by atoms with E-state index in [0.29, 0.717) is 5.82 Å². The van der Waals surface area contributed by atoms with E-state index in [1.165, 1.54) is 18.9 Å². The van der Waals surface area contributed by atoms with Gasteiger partial charge in [0.15, 0.2) is 15.7 Å². The predicted molar refractivity (Wildman–Crippen MR) is 63.8 cm³/mol. The number of hydrogen-bond donors (Lipinski definition) is 0. The molecule has 1 aromatic heterocycles. The van der Waals surface area contributed by atoms with Crippen LogP contribution in [0.2, 0.25) is 0 Å². The molecule has 88 valence electrons. The van der Waals surface area contributed by atoms with Crippen LogP contribution in [0.4, 0.5) is 0 Å². The number of sulfone groups is 1. The van der Waals surface area contributed by atoms with Gasteiger partial charge in [0, 0.05) is 11.8 Å². The number of benzene rings is 1. The Balaban J connectivity index is 2.36. The van der Waals surface area contributed by atoms with Crippen molar-refractivity contribution in [1.82, 2.24) is 15.0 Å². The minimum atomic E-state index is -3.03. The highest BCUT2D eigenvalue weighted by Crippen LogP contribution is 2.16. The molecule has 0 amide bonds. The molecule has 0 bridgehead atoms. The zero-order valence-electron chi connectivity index (χ0n) is 9.24. The Kier molecular flexibility index (Phi) is 3.14. The third-order valence-corrected chi connectivity index (χ3v) is 2.97. The number of nitrogens with zero attached hydrogens (tertiary/aromatic N) is 3. The lowest BCUT2D eigenvalue weighted by molar-refractivity contribution is 0.601. The van der Waals surface area contributed by atoms with Gasteiger partial charge in [0.25, 0.3) is 0 Å². The Morgan fingerprint density at radius 1 is 1.18 bits per heavy atom. The molecule has 0 spiro atoms. The van der Waals surface area contributed by atoms with Gasteiger partial charge in [0.1, 0.15) is 12.7 Å². The molecule has 0 aliphatic heterocycles. The maximum atomic E-state index is 11.2. The minimum Gasteiger partial charge on any atom is -0.229 e. The Labute approximate surface area is 99.5 Å². The molecule has 0 fully saturated rings. The molecule has 2 rings (SSSR count). The van der Waals surface area contributed by atoms with Gasteiger partial charge in [-0.15, -0.1) is 0 Å². The zero-order chi connectivity index (χ0) is 12.3. The van der Waals surface area contributed by atoms with Crippen molar-refractivity contribution in [2.45, 2.75) is 5.75 Å². The second kappa shape index (κ2) is 4.58. The summed E-state index contributed by atoms with van der Waals surface area (Å²) in [7, 11) is -3.03. The first-order chi connectivity index (χ1) is 8.04. The fourth-order valence-electron chi connectivity index (χ4n) is 1.49. The summed E-state index contributed by atoms with van der Waals surface area (Å²) in [6, 6.07) is 7.17. The lowest BCUT2D eigenvalue weighted by Gasteiger charge is -2.02. The van der Waals surface area contributed by atoms with Crippen LogP contribution in [-0.2, 0) is 15.6 Å². The number of hydrogen-bond acceptors (Lipinski definition) is 5. The first kappa shape index (κ1) is 11.7. The van der Waals surface area contributed by atoms with Crippen molar-refractivity contribution in [3.05, 3.63) is 42.5 Å². The standard InChI is InChI=1S/C11H11N3O2S/c1-17(15,16)6-9-3-2-4-10(5-9)11-13-7-12-8-14-11/h2-5,7-8H,6H2,1H3. The van der Waals surface area contributed by atoms with Crippen LogP contribution in [0.5, 0.6) is 0 Å². The molecular formula is C11H11N3O2S. The van der Waals surface area contributed by atoms with E-state index in [1.54, 1.807) is 18.2 Å². The van der Waals surface area contributed by atoms with Gasteiger partial charge in [-0.3, -0.25) is 0 Å². The van der Waals surface area contributed by atoms with Gasteiger partial charge in [-0.05, 0) is 11.6 Å². The number of rotatable bonds is 3.